The van der Waals surface area contributed by atoms with Crippen molar-refractivity contribution in [3.05, 3.63) is 33.8 Å². The maximum absolute atomic E-state index is 12.7. The second kappa shape index (κ2) is 9.09. The molecule has 26 heavy (non-hydrogen) atoms. The maximum atomic E-state index is 12.7. The highest BCUT2D eigenvalue weighted by Gasteiger charge is 2.40. The van der Waals surface area contributed by atoms with Crippen LogP contribution in [0.3, 0.4) is 0 Å². The highest BCUT2D eigenvalue weighted by molar-refractivity contribution is 6.35. The Hall–Kier alpha value is -0.560. The van der Waals surface area contributed by atoms with Crippen LogP contribution in [0, 0.1) is 0 Å². The molecule has 2 aliphatic rings. The van der Waals surface area contributed by atoms with Gasteiger partial charge in [-0.2, -0.15) is 0 Å². The topological polar surface area (TPSA) is 73.6 Å². The molecule has 2 heterocycles. The van der Waals surface area contributed by atoms with E-state index in [4.69, 9.17) is 38.4 Å². The molecule has 0 aliphatic carbocycles. The third-order valence-corrected chi connectivity index (χ3v) is 5.92. The molecule has 3 N–H and O–H groups in total. The van der Waals surface area contributed by atoms with Crippen LogP contribution in [0.4, 0.5) is 0 Å². The van der Waals surface area contributed by atoms with Crippen molar-refractivity contribution in [2.75, 3.05) is 33.0 Å². The van der Waals surface area contributed by atoms with Gasteiger partial charge in [0.25, 0.3) is 0 Å². The summed E-state index contributed by atoms with van der Waals surface area (Å²) < 4.78 is 10.8. The van der Waals surface area contributed by atoms with Crippen LogP contribution in [0.1, 0.15) is 31.2 Å². The Bertz CT molecular complexity index is 630. The van der Waals surface area contributed by atoms with Crippen molar-refractivity contribution >= 4 is 41.5 Å². The zero-order valence-electron chi connectivity index (χ0n) is 14.6. The van der Waals surface area contributed by atoms with E-state index < -0.39 is 5.54 Å². The molecule has 5 nitrogen and oxygen atoms in total. The van der Waals surface area contributed by atoms with E-state index in [9.17, 15) is 4.79 Å². The average Bonchev–Trinajstić information content (AvgIpc) is 2.61. The Morgan fingerprint density at radius 3 is 2.23 bits per heavy atom. The molecule has 2 fully saturated rings. The standard InChI is InChI=1S/C18H24Cl2N2O3.ClH/c19-13-1-2-14(15(20)11-13)17(3-7-24-8-4-17)12-22-16(23)18(21)5-9-25-10-6-18;/h1-2,11H,3-10,12,21H2,(H,22,23);1H. The van der Waals surface area contributed by atoms with E-state index in [-0.39, 0.29) is 23.7 Å². The van der Waals surface area contributed by atoms with E-state index in [1.807, 2.05) is 12.1 Å². The molecule has 2 saturated heterocycles. The van der Waals surface area contributed by atoms with Gasteiger partial charge in [-0.25, -0.2) is 0 Å². The molecule has 0 spiro atoms. The minimum Gasteiger partial charge on any atom is -0.381 e. The summed E-state index contributed by atoms with van der Waals surface area (Å²) in [5.74, 6) is -0.119. The average molecular weight is 424 g/mol. The predicted molar refractivity (Wildman–Crippen MR) is 105 cm³/mol. The van der Waals surface area contributed by atoms with E-state index in [1.54, 1.807) is 6.07 Å². The van der Waals surface area contributed by atoms with Crippen molar-refractivity contribution in [1.82, 2.24) is 5.32 Å². The van der Waals surface area contributed by atoms with E-state index in [1.165, 1.54) is 0 Å². The highest BCUT2D eigenvalue weighted by atomic mass is 35.5. The third-order valence-electron chi connectivity index (χ3n) is 5.38. The van der Waals surface area contributed by atoms with Gasteiger partial charge in [0, 0.05) is 48.4 Å². The van der Waals surface area contributed by atoms with Crippen LogP contribution in [0.2, 0.25) is 10.0 Å². The first-order valence-electron chi connectivity index (χ1n) is 8.63. The Morgan fingerprint density at radius 2 is 1.65 bits per heavy atom. The fraction of sp³-hybridized carbons (Fsp3) is 0.611. The molecule has 0 atom stereocenters. The first-order chi connectivity index (χ1) is 12.0. The van der Waals surface area contributed by atoms with Crippen LogP contribution in [-0.2, 0) is 19.7 Å². The van der Waals surface area contributed by atoms with Crippen molar-refractivity contribution in [3.63, 3.8) is 0 Å². The monoisotopic (exact) mass is 422 g/mol. The minimum absolute atomic E-state index is 0. The van der Waals surface area contributed by atoms with Crippen molar-refractivity contribution in [3.8, 4) is 0 Å². The summed E-state index contributed by atoms with van der Waals surface area (Å²) in [5.41, 5.74) is 6.17. The number of carbonyl (C=O) groups is 1. The van der Waals surface area contributed by atoms with Gasteiger partial charge in [-0.05, 0) is 43.4 Å². The number of benzene rings is 1. The number of carbonyl (C=O) groups excluding carboxylic acids is 1. The first-order valence-corrected chi connectivity index (χ1v) is 9.39. The molecule has 1 aromatic carbocycles. The molecule has 0 radical (unpaired) electrons. The number of ether oxygens (including phenoxy) is 2. The van der Waals surface area contributed by atoms with Gasteiger partial charge in [-0.1, -0.05) is 29.3 Å². The van der Waals surface area contributed by atoms with Crippen molar-refractivity contribution in [2.45, 2.75) is 36.6 Å². The van der Waals surface area contributed by atoms with E-state index in [0.717, 1.165) is 18.4 Å². The van der Waals surface area contributed by atoms with Crippen molar-refractivity contribution < 1.29 is 14.3 Å². The van der Waals surface area contributed by atoms with Gasteiger partial charge in [-0.15, -0.1) is 12.4 Å². The molecule has 0 saturated carbocycles. The lowest BCUT2D eigenvalue weighted by Crippen LogP contribution is -2.59. The van der Waals surface area contributed by atoms with E-state index >= 15 is 0 Å². The van der Waals surface area contributed by atoms with Gasteiger partial charge in [0.2, 0.25) is 5.91 Å². The van der Waals surface area contributed by atoms with Crippen molar-refractivity contribution in [2.24, 2.45) is 5.73 Å². The Kier molecular flexibility index (Phi) is 7.60. The number of rotatable bonds is 4. The molecule has 1 amide bonds. The van der Waals surface area contributed by atoms with Crippen LogP contribution in [0.15, 0.2) is 18.2 Å². The molecule has 0 aromatic heterocycles. The molecular formula is C18H25Cl3N2O3. The molecule has 2 aliphatic heterocycles. The maximum Gasteiger partial charge on any atom is 0.240 e. The quantitative estimate of drug-likeness (QED) is 0.780. The van der Waals surface area contributed by atoms with Crippen LogP contribution in [0.5, 0.6) is 0 Å². The summed E-state index contributed by atoms with van der Waals surface area (Å²) in [4.78, 5) is 12.7. The number of nitrogens with one attached hydrogen (secondary N) is 1. The molecule has 0 unspecified atom stereocenters. The lowest BCUT2D eigenvalue weighted by atomic mass is 9.73. The zero-order valence-corrected chi connectivity index (χ0v) is 16.9. The summed E-state index contributed by atoms with van der Waals surface area (Å²) in [7, 11) is 0. The molecule has 8 heteroatoms. The first kappa shape index (κ1) is 21.7. The fourth-order valence-electron chi connectivity index (χ4n) is 3.61. The van der Waals surface area contributed by atoms with Gasteiger partial charge >= 0.3 is 0 Å². The van der Waals surface area contributed by atoms with Crippen molar-refractivity contribution in [1.29, 1.82) is 0 Å². The summed E-state index contributed by atoms with van der Waals surface area (Å²) in [6.07, 6.45) is 2.65. The number of halogens is 3. The molecule has 3 rings (SSSR count). The second-order valence-corrected chi connectivity index (χ2v) is 7.81. The number of hydrogen-bond donors (Lipinski definition) is 2. The highest BCUT2D eigenvalue weighted by Crippen LogP contribution is 2.39. The van der Waals surface area contributed by atoms with Crippen LogP contribution >= 0.6 is 35.6 Å². The fourth-order valence-corrected chi connectivity index (χ4v) is 4.22. The Morgan fingerprint density at radius 1 is 1.08 bits per heavy atom. The van der Waals surface area contributed by atoms with Gasteiger partial charge in [0.1, 0.15) is 0 Å². The van der Waals surface area contributed by atoms with Crippen LogP contribution in [0.25, 0.3) is 0 Å². The Labute approximate surface area is 170 Å². The van der Waals surface area contributed by atoms with Crippen LogP contribution in [-0.4, -0.2) is 44.4 Å². The molecule has 146 valence electrons. The SMILES string of the molecule is Cl.NC1(C(=O)NCC2(c3ccc(Cl)cc3Cl)CCOCC2)CCOCC1. The largest absolute Gasteiger partial charge is 0.381 e. The van der Waals surface area contributed by atoms with Gasteiger partial charge in [-0.3, -0.25) is 4.79 Å². The minimum atomic E-state index is -0.853. The van der Waals surface area contributed by atoms with Gasteiger partial charge in [0.05, 0.1) is 5.54 Å². The van der Waals surface area contributed by atoms with E-state index in [2.05, 4.69) is 5.32 Å². The normalized spacial score (nSPS) is 21.5. The Balaban J connectivity index is 0.00000243. The lowest BCUT2D eigenvalue weighted by molar-refractivity contribution is -0.130. The zero-order chi connectivity index (χ0) is 17.9. The predicted octanol–water partition coefficient (Wildman–Crippen LogP) is 3.09. The van der Waals surface area contributed by atoms with E-state index in [0.29, 0.717) is 55.9 Å². The van der Waals surface area contributed by atoms with Gasteiger partial charge < -0.3 is 20.5 Å². The molecular weight excluding hydrogens is 399 g/mol. The summed E-state index contributed by atoms with van der Waals surface area (Å²) in [6.45, 7) is 2.79. The van der Waals surface area contributed by atoms with Crippen LogP contribution < -0.4 is 11.1 Å². The number of hydrogen-bond acceptors (Lipinski definition) is 4. The smallest absolute Gasteiger partial charge is 0.240 e. The summed E-state index contributed by atoms with van der Waals surface area (Å²) in [5, 5.41) is 4.30. The number of nitrogens with two attached hydrogens (primary N) is 1. The second-order valence-electron chi connectivity index (χ2n) is 6.97. The third kappa shape index (κ3) is 4.64. The molecule has 0 bridgehead atoms. The lowest BCUT2D eigenvalue weighted by Gasteiger charge is -2.40. The molecule has 1 aromatic rings. The number of amides is 1. The summed E-state index contributed by atoms with van der Waals surface area (Å²) in [6, 6.07) is 5.54. The summed E-state index contributed by atoms with van der Waals surface area (Å²) >= 11 is 12.5. The van der Waals surface area contributed by atoms with Gasteiger partial charge in [0.15, 0.2) is 0 Å².